The first-order valence-corrected chi connectivity index (χ1v) is 7.92. The van der Waals surface area contributed by atoms with E-state index in [2.05, 4.69) is 9.97 Å². The number of carbonyl (C=O) groups excluding carboxylic acids is 2. The summed E-state index contributed by atoms with van der Waals surface area (Å²) in [4.78, 5) is 31.6. The van der Waals surface area contributed by atoms with Crippen LogP contribution in [0.1, 0.15) is 31.0 Å². The molecular weight excluding hydrogens is 308 g/mol. The van der Waals surface area contributed by atoms with Crippen molar-refractivity contribution in [1.29, 1.82) is 0 Å². The molecule has 2 atom stereocenters. The van der Waals surface area contributed by atoms with Gasteiger partial charge in [-0.1, -0.05) is 37.3 Å². The van der Waals surface area contributed by atoms with Crippen LogP contribution in [0.5, 0.6) is 0 Å². The average Bonchev–Trinajstić information content (AvgIpc) is 3.11. The first kappa shape index (κ1) is 17.9. The van der Waals surface area contributed by atoms with Crippen LogP contribution in [0.25, 0.3) is 0 Å². The van der Waals surface area contributed by atoms with Gasteiger partial charge in [-0.3, -0.25) is 9.59 Å². The third-order valence-electron chi connectivity index (χ3n) is 3.75. The smallest absolute Gasteiger partial charge is 0.317 e. The van der Waals surface area contributed by atoms with Gasteiger partial charge >= 0.3 is 5.97 Å². The third kappa shape index (κ3) is 4.76. The molecule has 2 rings (SSSR count). The zero-order valence-electron chi connectivity index (χ0n) is 13.9. The molecule has 0 spiro atoms. The molecule has 0 aliphatic carbocycles. The van der Waals surface area contributed by atoms with Gasteiger partial charge in [0.1, 0.15) is 12.5 Å². The first-order chi connectivity index (χ1) is 11.6. The summed E-state index contributed by atoms with van der Waals surface area (Å²) in [6.45, 7) is 3.91. The van der Waals surface area contributed by atoms with Gasteiger partial charge in [0.2, 0.25) is 0 Å². The predicted molar refractivity (Wildman–Crippen MR) is 88.2 cm³/mol. The molecule has 6 heteroatoms. The Bertz CT molecular complexity index is 640. The monoisotopic (exact) mass is 330 g/mol. The molecule has 0 radical (unpaired) electrons. The van der Waals surface area contributed by atoms with Gasteiger partial charge in [-0.25, -0.2) is 4.98 Å². The Morgan fingerprint density at radius 1 is 1.25 bits per heavy atom. The van der Waals surface area contributed by atoms with Crippen LogP contribution in [0.3, 0.4) is 0 Å². The van der Waals surface area contributed by atoms with Crippen molar-refractivity contribution in [2.24, 2.45) is 5.92 Å². The zero-order chi connectivity index (χ0) is 17.4. The van der Waals surface area contributed by atoms with Gasteiger partial charge in [-0.15, -0.1) is 0 Å². The van der Waals surface area contributed by atoms with Gasteiger partial charge in [0.25, 0.3) is 0 Å². The maximum absolute atomic E-state index is 12.5. The van der Waals surface area contributed by atoms with Gasteiger partial charge in [-0.2, -0.15) is 0 Å². The summed E-state index contributed by atoms with van der Waals surface area (Å²) in [7, 11) is 0. The fourth-order valence-corrected chi connectivity index (χ4v) is 2.48. The van der Waals surface area contributed by atoms with Gasteiger partial charge in [0.15, 0.2) is 5.78 Å². The Labute approximate surface area is 141 Å². The number of nitrogens with zero attached hydrogens (tertiary/aromatic N) is 1. The molecule has 1 N–H and O–H groups in total. The molecule has 1 aromatic carbocycles. The summed E-state index contributed by atoms with van der Waals surface area (Å²) in [6.07, 6.45) is 3.12. The maximum atomic E-state index is 12.5. The lowest BCUT2D eigenvalue weighted by molar-refractivity contribution is -0.153. The quantitative estimate of drug-likeness (QED) is 0.564. The van der Waals surface area contributed by atoms with Gasteiger partial charge in [0.05, 0.1) is 19.5 Å². The SMILES string of the molecule is CCOC(=O)C(C(=O)COCc1ccccc1)C(C)c1cnc[nH]1. The van der Waals surface area contributed by atoms with Crippen LogP contribution in [0, 0.1) is 5.92 Å². The Morgan fingerprint density at radius 3 is 2.62 bits per heavy atom. The number of ether oxygens (including phenoxy) is 2. The van der Waals surface area contributed by atoms with Crippen molar-refractivity contribution in [1.82, 2.24) is 9.97 Å². The second-order valence-corrected chi connectivity index (χ2v) is 5.47. The molecule has 2 aromatic rings. The van der Waals surface area contributed by atoms with Crippen molar-refractivity contribution in [3.05, 3.63) is 54.1 Å². The van der Waals surface area contributed by atoms with Gasteiger partial charge in [0, 0.05) is 17.8 Å². The molecular formula is C18H22N2O4. The highest BCUT2D eigenvalue weighted by Gasteiger charge is 2.34. The predicted octanol–water partition coefficient (Wildman–Crippen LogP) is 2.48. The minimum Gasteiger partial charge on any atom is -0.465 e. The second kappa shape index (κ2) is 8.98. The maximum Gasteiger partial charge on any atom is 0.317 e. The van der Waals surface area contributed by atoms with E-state index in [4.69, 9.17) is 9.47 Å². The number of ketones is 1. The number of benzene rings is 1. The Morgan fingerprint density at radius 2 is 2.00 bits per heavy atom. The number of rotatable bonds is 9. The summed E-state index contributed by atoms with van der Waals surface area (Å²) < 4.78 is 10.5. The van der Waals surface area contributed by atoms with E-state index in [0.29, 0.717) is 12.3 Å². The van der Waals surface area contributed by atoms with Crippen LogP contribution in [-0.4, -0.2) is 34.9 Å². The summed E-state index contributed by atoms with van der Waals surface area (Å²) in [5.41, 5.74) is 1.68. The van der Waals surface area contributed by atoms with E-state index in [0.717, 1.165) is 5.56 Å². The molecule has 0 aliphatic rings. The van der Waals surface area contributed by atoms with E-state index < -0.39 is 11.9 Å². The van der Waals surface area contributed by atoms with Crippen molar-refractivity contribution in [3.8, 4) is 0 Å². The average molecular weight is 330 g/mol. The number of nitrogens with one attached hydrogen (secondary N) is 1. The number of esters is 1. The summed E-state index contributed by atoms with van der Waals surface area (Å²) >= 11 is 0. The van der Waals surface area contributed by atoms with Crippen LogP contribution in [-0.2, 0) is 25.7 Å². The van der Waals surface area contributed by atoms with Crippen LogP contribution < -0.4 is 0 Å². The fourth-order valence-electron chi connectivity index (χ4n) is 2.48. The molecule has 0 aliphatic heterocycles. The minimum absolute atomic E-state index is 0.142. The summed E-state index contributed by atoms with van der Waals surface area (Å²) in [6, 6.07) is 9.56. The number of hydrogen-bond donors (Lipinski definition) is 1. The van der Waals surface area contributed by atoms with E-state index in [1.54, 1.807) is 20.0 Å². The molecule has 0 saturated heterocycles. The van der Waals surface area contributed by atoms with Crippen LogP contribution >= 0.6 is 0 Å². The standard InChI is InChI=1S/C18H22N2O4/c1-3-24-18(22)17(13(2)15-9-19-12-20-15)16(21)11-23-10-14-7-5-4-6-8-14/h4-9,12-13,17H,3,10-11H2,1-2H3,(H,19,20). The normalized spacial score (nSPS) is 13.2. The van der Waals surface area contributed by atoms with Gasteiger partial charge in [-0.05, 0) is 12.5 Å². The van der Waals surface area contributed by atoms with E-state index in [1.165, 1.54) is 6.33 Å². The molecule has 0 fully saturated rings. The molecule has 6 nitrogen and oxygen atoms in total. The third-order valence-corrected chi connectivity index (χ3v) is 3.75. The topological polar surface area (TPSA) is 81.3 Å². The highest BCUT2D eigenvalue weighted by Crippen LogP contribution is 2.25. The summed E-state index contributed by atoms with van der Waals surface area (Å²) in [5, 5.41) is 0. The second-order valence-electron chi connectivity index (χ2n) is 5.47. The molecule has 1 aromatic heterocycles. The number of H-pyrrole nitrogens is 1. The fraction of sp³-hybridized carbons (Fsp3) is 0.389. The van der Waals surface area contributed by atoms with Crippen molar-refractivity contribution in [3.63, 3.8) is 0 Å². The van der Waals surface area contributed by atoms with Gasteiger partial charge < -0.3 is 14.5 Å². The molecule has 1 heterocycles. The highest BCUT2D eigenvalue weighted by atomic mass is 16.5. The van der Waals surface area contributed by atoms with E-state index in [9.17, 15) is 9.59 Å². The minimum atomic E-state index is -0.916. The van der Waals surface area contributed by atoms with Crippen molar-refractivity contribution in [2.45, 2.75) is 26.4 Å². The molecule has 0 saturated carbocycles. The van der Waals surface area contributed by atoms with Crippen molar-refractivity contribution < 1.29 is 19.1 Å². The Kier molecular flexibility index (Phi) is 6.69. The first-order valence-electron chi connectivity index (χ1n) is 7.92. The van der Waals surface area contributed by atoms with Crippen molar-refractivity contribution in [2.75, 3.05) is 13.2 Å². The largest absolute Gasteiger partial charge is 0.465 e. The number of aromatic amines is 1. The van der Waals surface area contributed by atoms with E-state index in [-0.39, 0.29) is 24.9 Å². The molecule has 24 heavy (non-hydrogen) atoms. The molecule has 0 bridgehead atoms. The van der Waals surface area contributed by atoms with Crippen LogP contribution in [0.15, 0.2) is 42.9 Å². The zero-order valence-corrected chi connectivity index (χ0v) is 13.9. The number of aromatic nitrogens is 2. The van der Waals surface area contributed by atoms with Crippen LogP contribution in [0.4, 0.5) is 0 Å². The lowest BCUT2D eigenvalue weighted by Gasteiger charge is -2.20. The Hall–Kier alpha value is -2.47. The number of imidazole rings is 1. The van der Waals surface area contributed by atoms with E-state index >= 15 is 0 Å². The Balaban J connectivity index is 2.00. The lowest BCUT2D eigenvalue weighted by atomic mass is 9.88. The van der Waals surface area contributed by atoms with E-state index in [1.807, 2.05) is 30.3 Å². The number of carbonyl (C=O) groups is 2. The summed E-state index contributed by atoms with van der Waals surface area (Å²) in [5.74, 6) is -2.11. The highest BCUT2D eigenvalue weighted by molar-refractivity contribution is 6.00. The lowest BCUT2D eigenvalue weighted by Crippen LogP contribution is -2.33. The number of Topliss-reactive ketones (excluding diaryl/α,β-unsaturated/α-hetero) is 1. The molecule has 2 unspecified atom stereocenters. The number of hydrogen-bond acceptors (Lipinski definition) is 5. The molecule has 0 amide bonds. The molecule has 128 valence electrons. The van der Waals surface area contributed by atoms with Crippen molar-refractivity contribution >= 4 is 11.8 Å². The van der Waals surface area contributed by atoms with Crippen LogP contribution in [0.2, 0.25) is 0 Å².